The minimum Gasteiger partial charge on any atom is -0.444 e. The Morgan fingerprint density at radius 1 is 1.47 bits per heavy atom. The molecule has 0 aromatic heterocycles. The van der Waals surface area contributed by atoms with E-state index in [0.29, 0.717) is 13.1 Å². The van der Waals surface area contributed by atoms with Crippen molar-refractivity contribution in [3.05, 3.63) is 11.5 Å². The molecule has 1 aliphatic rings. The van der Waals surface area contributed by atoms with E-state index in [1.807, 2.05) is 20.8 Å². The molecule has 0 unspecified atom stereocenters. The third-order valence-electron chi connectivity index (χ3n) is 2.36. The molecule has 6 heteroatoms. The van der Waals surface area contributed by atoms with Crippen LogP contribution in [0.1, 0.15) is 33.6 Å². The molecule has 2 N–H and O–H groups in total. The minimum absolute atomic E-state index is 0.351. The van der Waals surface area contributed by atoms with Crippen LogP contribution in [0, 0.1) is 0 Å². The molecule has 0 aliphatic carbocycles. The number of likely N-dealkylation sites (tertiary alicyclic amines) is 1. The largest absolute Gasteiger partial charge is 0.480 e. The van der Waals surface area contributed by atoms with Crippen molar-refractivity contribution in [1.82, 2.24) is 4.90 Å². The van der Waals surface area contributed by atoms with Gasteiger partial charge in [0, 0.05) is 13.1 Å². The summed E-state index contributed by atoms with van der Waals surface area (Å²) < 4.78 is 5.27. The van der Waals surface area contributed by atoms with Crippen LogP contribution in [0.3, 0.4) is 0 Å². The first kappa shape index (κ1) is 14.1. The van der Waals surface area contributed by atoms with E-state index in [1.165, 1.54) is 5.98 Å². The van der Waals surface area contributed by atoms with Crippen molar-refractivity contribution in [2.45, 2.75) is 39.2 Å². The predicted octanol–water partition coefficient (Wildman–Crippen LogP) is 0.956. The Morgan fingerprint density at radius 3 is 2.65 bits per heavy atom. The number of amides is 1. The van der Waals surface area contributed by atoms with Gasteiger partial charge in [-0.05, 0) is 33.6 Å². The lowest BCUT2D eigenvalue weighted by Gasteiger charge is -2.31. The summed E-state index contributed by atoms with van der Waals surface area (Å²) in [7, 11) is -1.46. The average Bonchev–Trinajstić information content (AvgIpc) is 2.14. The molecule has 1 amide bonds. The molecule has 1 aliphatic heterocycles. The Morgan fingerprint density at radius 2 is 2.12 bits per heavy atom. The summed E-state index contributed by atoms with van der Waals surface area (Å²) >= 11 is 0. The van der Waals surface area contributed by atoms with Crippen LogP contribution in [0.25, 0.3) is 0 Å². The maximum Gasteiger partial charge on any atom is 0.480 e. The van der Waals surface area contributed by atoms with Gasteiger partial charge in [0.25, 0.3) is 0 Å². The van der Waals surface area contributed by atoms with Gasteiger partial charge in [0.05, 0.1) is 0 Å². The predicted molar refractivity (Wildman–Crippen MR) is 65.3 cm³/mol. The summed E-state index contributed by atoms with van der Waals surface area (Å²) in [6.45, 7) is 6.52. The fourth-order valence-electron chi connectivity index (χ4n) is 1.73. The van der Waals surface area contributed by atoms with Gasteiger partial charge in [-0.1, -0.05) is 11.5 Å². The van der Waals surface area contributed by atoms with Gasteiger partial charge in [-0.3, -0.25) is 0 Å². The number of nitrogens with zero attached hydrogens (tertiary/aromatic N) is 1. The highest BCUT2D eigenvalue weighted by atomic mass is 16.6. The molecule has 0 radical (unpaired) electrons. The first-order valence-electron chi connectivity index (χ1n) is 5.81. The highest BCUT2D eigenvalue weighted by Crippen LogP contribution is 2.18. The first-order chi connectivity index (χ1) is 7.78. The molecule has 1 saturated heterocycles. The molecule has 0 bridgehead atoms. The van der Waals surface area contributed by atoms with Crippen molar-refractivity contribution in [3.8, 4) is 0 Å². The smallest absolute Gasteiger partial charge is 0.444 e. The van der Waals surface area contributed by atoms with Crippen molar-refractivity contribution in [3.63, 3.8) is 0 Å². The van der Waals surface area contributed by atoms with Gasteiger partial charge in [-0.2, -0.15) is 0 Å². The SMILES string of the molecule is CC(C)(C)OC(=O)N1CCC/C(=C/B(O)O)C1. The second kappa shape index (κ2) is 5.55. The van der Waals surface area contributed by atoms with Gasteiger partial charge in [0.2, 0.25) is 0 Å². The third-order valence-corrected chi connectivity index (χ3v) is 2.36. The lowest BCUT2D eigenvalue weighted by molar-refractivity contribution is 0.0246. The van der Waals surface area contributed by atoms with Crippen molar-refractivity contribution in [1.29, 1.82) is 0 Å². The molecule has 5 nitrogen and oxygen atoms in total. The van der Waals surface area contributed by atoms with Crippen LogP contribution in [0.2, 0.25) is 0 Å². The Kier molecular flexibility index (Phi) is 4.59. The van der Waals surface area contributed by atoms with E-state index in [1.54, 1.807) is 4.90 Å². The Bertz CT molecular complexity index is 309. The van der Waals surface area contributed by atoms with E-state index >= 15 is 0 Å². The van der Waals surface area contributed by atoms with Crippen LogP contribution in [0.5, 0.6) is 0 Å². The van der Waals surface area contributed by atoms with Gasteiger partial charge < -0.3 is 19.7 Å². The van der Waals surface area contributed by atoms with Gasteiger partial charge in [0.15, 0.2) is 0 Å². The molecule has 0 atom stereocenters. The standard InChI is InChI=1S/C11H20BNO4/c1-11(2,3)17-10(14)13-6-4-5-9(8-13)7-12(15)16/h7,15-16H,4-6,8H2,1-3H3/b9-7-. The van der Waals surface area contributed by atoms with E-state index in [4.69, 9.17) is 14.8 Å². The zero-order chi connectivity index (χ0) is 13.1. The van der Waals surface area contributed by atoms with Gasteiger partial charge in [-0.25, -0.2) is 4.79 Å². The van der Waals surface area contributed by atoms with Crippen LogP contribution in [-0.2, 0) is 4.74 Å². The summed E-state index contributed by atoms with van der Waals surface area (Å²) in [4.78, 5) is 13.4. The number of hydrogen-bond acceptors (Lipinski definition) is 4. The molecule has 1 fully saturated rings. The zero-order valence-corrected chi connectivity index (χ0v) is 10.6. The monoisotopic (exact) mass is 241 g/mol. The molecule has 96 valence electrons. The van der Waals surface area contributed by atoms with E-state index in [2.05, 4.69) is 0 Å². The van der Waals surface area contributed by atoms with Crippen LogP contribution in [-0.4, -0.2) is 46.9 Å². The van der Waals surface area contributed by atoms with Crippen LogP contribution < -0.4 is 0 Å². The lowest BCUT2D eigenvalue weighted by Crippen LogP contribution is -2.40. The average molecular weight is 241 g/mol. The fraction of sp³-hybridized carbons (Fsp3) is 0.727. The molecule has 0 aromatic rings. The molecule has 17 heavy (non-hydrogen) atoms. The third kappa shape index (κ3) is 5.23. The first-order valence-corrected chi connectivity index (χ1v) is 5.81. The fourth-order valence-corrected chi connectivity index (χ4v) is 1.73. The second-order valence-corrected chi connectivity index (χ2v) is 5.24. The minimum atomic E-state index is -1.46. The molecule has 0 aromatic carbocycles. The summed E-state index contributed by atoms with van der Waals surface area (Å²) in [6.07, 6.45) is 1.25. The summed E-state index contributed by atoms with van der Waals surface area (Å²) in [6, 6.07) is 0. The lowest BCUT2D eigenvalue weighted by atomic mass is 9.86. The quantitative estimate of drug-likeness (QED) is 0.670. The van der Waals surface area contributed by atoms with E-state index in [0.717, 1.165) is 18.4 Å². The van der Waals surface area contributed by atoms with Crippen molar-refractivity contribution in [2.75, 3.05) is 13.1 Å². The highest BCUT2D eigenvalue weighted by Gasteiger charge is 2.25. The normalized spacial score (nSPS) is 19.4. The van der Waals surface area contributed by atoms with E-state index in [9.17, 15) is 4.79 Å². The van der Waals surface area contributed by atoms with Crippen molar-refractivity contribution >= 4 is 13.2 Å². The molecular weight excluding hydrogens is 221 g/mol. The van der Waals surface area contributed by atoms with Crippen LogP contribution >= 0.6 is 0 Å². The van der Waals surface area contributed by atoms with E-state index in [-0.39, 0.29) is 6.09 Å². The number of carbonyl (C=O) groups is 1. The van der Waals surface area contributed by atoms with Crippen LogP contribution in [0.4, 0.5) is 4.79 Å². The molecule has 0 saturated carbocycles. The highest BCUT2D eigenvalue weighted by molar-refractivity contribution is 6.47. The maximum absolute atomic E-state index is 11.8. The molecule has 1 heterocycles. The Hall–Kier alpha value is -1.01. The molecular formula is C11H20BNO4. The van der Waals surface area contributed by atoms with Gasteiger partial charge >= 0.3 is 13.2 Å². The maximum atomic E-state index is 11.8. The Labute approximate surface area is 102 Å². The number of piperidine rings is 1. The summed E-state index contributed by atoms with van der Waals surface area (Å²) in [5.41, 5.74) is 0.353. The Balaban J connectivity index is 2.58. The number of rotatable bonds is 1. The topological polar surface area (TPSA) is 70.0 Å². The summed E-state index contributed by atoms with van der Waals surface area (Å²) in [5.74, 6) is 1.37. The number of hydrogen-bond donors (Lipinski definition) is 2. The zero-order valence-electron chi connectivity index (χ0n) is 10.6. The van der Waals surface area contributed by atoms with Gasteiger partial charge in [0.1, 0.15) is 5.60 Å². The molecule has 1 rings (SSSR count). The second-order valence-electron chi connectivity index (χ2n) is 5.24. The van der Waals surface area contributed by atoms with Gasteiger partial charge in [-0.15, -0.1) is 0 Å². The van der Waals surface area contributed by atoms with Crippen molar-refractivity contribution < 1.29 is 19.6 Å². The van der Waals surface area contributed by atoms with E-state index < -0.39 is 12.7 Å². The summed E-state index contributed by atoms with van der Waals surface area (Å²) in [5, 5.41) is 17.7. The number of carbonyl (C=O) groups excluding carboxylic acids is 1. The molecule has 0 spiro atoms. The van der Waals surface area contributed by atoms with Crippen LogP contribution in [0.15, 0.2) is 11.5 Å². The van der Waals surface area contributed by atoms with Crippen molar-refractivity contribution in [2.24, 2.45) is 0 Å². The number of ether oxygens (including phenoxy) is 1.